The molecule has 0 bridgehead atoms. The van der Waals surface area contributed by atoms with Crippen molar-refractivity contribution >= 4 is 33.5 Å². The molecule has 0 spiro atoms. The smallest absolute Gasteiger partial charge is 0.302 e. The second-order valence-corrected chi connectivity index (χ2v) is 11.1. The average molecular weight is 499 g/mol. The van der Waals surface area contributed by atoms with Crippen LogP contribution in [0.2, 0.25) is 0 Å². The lowest BCUT2D eigenvalue weighted by Gasteiger charge is -2.61. The number of halogens is 1. The Morgan fingerprint density at radius 2 is 1.94 bits per heavy atom. The molecule has 0 aromatic rings. The van der Waals surface area contributed by atoms with E-state index in [1.807, 2.05) is 13.8 Å². The van der Waals surface area contributed by atoms with Crippen molar-refractivity contribution in [2.45, 2.75) is 77.1 Å². The van der Waals surface area contributed by atoms with Gasteiger partial charge in [-0.2, -0.15) is 0 Å². The summed E-state index contributed by atoms with van der Waals surface area (Å²) < 4.78 is 6.17. The molecule has 0 aliphatic heterocycles. The van der Waals surface area contributed by atoms with E-state index in [1.54, 1.807) is 0 Å². The SMILES string of the molecule is CC(=O)OC1CC(=O)C(Br)=C2CC[C@@H]3[C@H]([C@@H](O)C[C@@]4(C)[C@H]3CC[C@]4(O)C(=O)CO)[C@]21C. The van der Waals surface area contributed by atoms with Gasteiger partial charge in [0.1, 0.15) is 18.3 Å². The number of carbonyl (C=O) groups is 3. The van der Waals surface area contributed by atoms with Crippen LogP contribution in [0.1, 0.15) is 59.3 Å². The van der Waals surface area contributed by atoms with Crippen LogP contribution >= 0.6 is 15.9 Å². The Hall–Kier alpha value is -1.09. The van der Waals surface area contributed by atoms with Gasteiger partial charge in [-0.3, -0.25) is 14.4 Å². The van der Waals surface area contributed by atoms with Gasteiger partial charge in [0.25, 0.3) is 0 Å². The second-order valence-electron chi connectivity index (χ2n) is 10.3. The molecule has 172 valence electrons. The highest BCUT2D eigenvalue weighted by atomic mass is 79.9. The standard InChI is InChI=1S/C23H31BrO7/c1-11(26)31-18-8-15(27)20(24)14-5-4-12-13-6-7-23(30,17(29)10-25)21(13,2)9-16(28)19(12)22(14,18)3/h12-13,16,18-19,25,28,30H,4-10H2,1-3H3/t12-,13-,16-,18?,19+,21-,22+,23-/m0/s1. The minimum absolute atomic E-state index is 0.00502. The lowest BCUT2D eigenvalue weighted by molar-refractivity contribution is -0.197. The van der Waals surface area contributed by atoms with Gasteiger partial charge in [0.2, 0.25) is 0 Å². The van der Waals surface area contributed by atoms with Gasteiger partial charge in [-0.15, -0.1) is 0 Å². The molecule has 4 aliphatic carbocycles. The number of hydrogen-bond acceptors (Lipinski definition) is 7. The minimum Gasteiger partial charge on any atom is -0.461 e. The van der Waals surface area contributed by atoms with Gasteiger partial charge >= 0.3 is 5.97 Å². The van der Waals surface area contributed by atoms with Crippen LogP contribution in [-0.4, -0.2) is 57.3 Å². The quantitative estimate of drug-likeness (QED) is 0.509. The zero-order valence-electron chi connectivity index (χ0n) is 18.2. The summed E-state index contributed by atoms with van der Waals surface area (Å²) in [5.41, 5.74) is -2.33. The molecule has 0 aromatic heterocycles. The van der Waals surface area contributed by atoms with Crippen molar-refractivity contribution in [2.24, 2.45) is 28.6 Å². The Kier molecular flexibility index (Phi) is 5.56. The Morgan fingerprint density at radius 3 is 2.55 bits per heavy atom. The number of ether oxygens (including phenoxy) is 1. The number of aliphatic hydroxyl groups is 3. The molecule has 0 radical (unpaired) electrons. The topological polar surface area (TPSA) is 121 Å². The fourth-order valence-corrected chi connectivity index (χ4v) is 8.52. The molecule has 4 rings (SSSR count). The van der Waals surface area contributed by atoms with Crippen molar-refractivity contribution in [3.8, 4) is 0 Å². The molecule has 0 saturated heterocycles. The van der Waals surface area contributed by atoms with Crippen molar-refractivity contribution in [1.82, 2.24) is 0 Å². The number of ketones is 2. The molecule has 3 fully saturated rings. The van der Waals surface area contributed by atoms with Gasteiger partial charge in [-0.1, -0.05) is 13.8 Å². The molecule has 3 saturated carbocycles. The summed E-state index contributed by atoms with van der Waals surface area (Å²) in [6.45, 7) is 4.44. The van der Waals surface area contributed by atoms with Crippen LogP contribution in [0.25, 0.3) is 0 Å². The summed E-state index contributed by atoms with van der Waals surface area (Å²) >= 11 is 3.47. The van der Waals surface area contributed by atoms with Crippen molar-refractivity contribution in [2.75, 3.05) is 6.61 Å². The fraction of sp³-hybridized carbons (Fsp3) is 0.783. The van der Waals surface area contributed by atoms with Crippen LogP contribution < -0.4 is 0 Å². The zero-order valence-corrected chi connectivity index (χ0v) is 19.8. The highest BCUT2D eigenvalue weighted by Gasteiger charge is 2.69. The maximum absolute atomic E-state index is 12.6. The van der Waals surface area contributed by atoms with E-state index in [-0.39, 0.29) is 42.8 Å². The highest BCUT2D eigenvalue weighted by Crippen LogP contribution is 2.68. The molecule has 31 heavy (non-hydrogen) atoms. The molecule has 0 aromatic carbocycles. The summed E-state index contributed by atoms with van der Waals surface area (Å²) in [5, 5.41) is 32.2. The number of fused-ring (bicyclic) bond motifs is 5. The van der Waals surface area contributed by atoms with Crippen molar-refractivity contribution in [3.63, 3.8) is 0 Å². The van der Waals surface area contributed by atoms with Gasteiger partial charge in [0, 0.05) is 30.1 Å². The van der Waals surface area contributed by atoms with Crippen molar-refractivity contribution < 1.29 is 34.4 Å². The Bertz CT molecular complexity index is 868. The van der Waals surface area contributed by atoms with E-state index >= 15 is 0 Å². The summed E-state index contributed by atoms with van der Waals surface area (Å²) in [5.74, 6) is -1.45. The van der Waals surface area contributed by atoms with E-state index in [2.05, 4.69) is 15.9 Å². The zero-order chi connectivity index (χ0) is 22.9. The van der Waals surface area contributed by atoms with Crippen molar-refractivity contribution in [3.05, 3.63) is 10.1 Å². The van der Waals surface area contributed by atoms with Gasteiger partial charge < -0.3 is 20.1 Å². The fourth-order valence-electron chi connectivity index (χ4n) is 7.73. The second kappa shape index (κ2) is 7.47. The minimum atomic E-state index is -1.66. The molecule has 0 heterocycles. The molecule has 1 unspecified atom stereocenters. The lowest BCUT2D eigenvalue weighted by Crippen LogP contribution is -2.64. The van der Waals surface area contributed by atoms with Crippen LogP contribution in [0, 0.1) is 28.6 Å². The molecule has 8 heteroatoms. The molecular weight excluding hydrogens is 468 g/mol. The number of hydrogen-bond donors (Lipinski definition) is 3. The van der Waals surface area contributed by atoms with E-state index in [1.165, 1.54) is 6.92 Å². The largest absolute Gasteiger partial charge is 0.461 e. The number of Topliss-reactive ketones (excluding diaryl/α,β-unsaturated/α-hetero) is 2. The van der Waals surface area contributed by atoms with E-state index < -0.39 is 47.0 Å². The Labute approximate surface area is 190 Å². The summed E-state index contributed by atoms with van der Waals surface area (Å²) in [7, 11) is 0. The number of aliphatic hydroxyl groups excluding tert-OH is 2. The summed E-state index contributed by atoms with van der Waals surface area (Å²) in [6, 6.07) is 0. The molecular formula is C23H31BrO7. The van der Waals surface area contributed by atoms with Gasteiger partial charge in [-0.05, 0) is 65.4 Å². The lowest BCUT2D eigenvalue weighted by atomic mass is 9.44. The third-order valence-electron chi connectivity index (χ3n) is 9.14. The van der Waals surface area contributed by atoms with Gasteiger partial charge in [0.15, 0.2) is 11.6 Å². The monoisotopic (exact) mass is 498 g/mol. The maximum Gasteiger partial charge on any atom is 0.302 e. The number of rotatable bonds is 3. The molecule has 4 aliphatic rings. The number of esters is 1. The Morgan fingerprint density at radius 1 is 1.26 bits per heavy atom. The average Bonchev–Trinajstić information content (AvgIpc) is 2.96. The predicted molar refractivity (Wildman–Crippen MR) is 114 cm³/mol. The Balaban J connectivity index is 1.80. The molecule has 0 amide bonds. The van der Waals surface area contributed by atoms with E-state index in [9.17, 15) is 29.7 Å². The third kappa shape index (κ3) is 2.97. The molecule has 3 N–H and O–H groups in total. The van der Waals surface area contributed by atoms with E-state index in [0.29, 0.717) is 23.7 Å². The van der Waals surface area contributed by atoms with Crippen molar-refractivity contribution in [1.29, 1.82) is 0 Å². The van der Waals surface area contributed by atoms with Crippen LogP contribution in [0.5, 0.6) is 0 Å². The van der Waals surface area contributed by atoms with Gasteiger partial charge in [-0.25, -0.2) is 0 Å². The summed E-state index contributed by atoms with van der Waals surface area (Å²) in [4.78, 5) is 37.0. The first-order valence-electron chi connectivity index (χ1n) is 11.1. The van der Waals surface area contributed by atoms with E-state index in [0.717, 1.165) is 5.57 Å². The highest BCUT2D eigenvalue weighted by molar-refractivity contribution is 9.12. The van der Waals surface area contributed by atoms with Crippen LogP contribution in [0.4, 0.5) is 0 Å². The summed E-state index contributed by atoms with van der Waals surface area (Å²) in [6.07, 6.45) is 0.972. The first kappa shape index (κ1) is 23.1. The predicted octanol–water partition coefficient (Wildman–Crippen LogP) is 2.05. The van der Waals surface area contributed by atoms with Gasteiger partial charge in [0.05, 0.1) is 10.6 Å². The maximum atomic E-state index is 12.6. The molecule has 8 atom stereocenters. The third-order valence-corrected chi connectivity index (χ3v) is 10.1. The normalized spacial score (nSPS) is 46.8. The number of carbonyl (C=O) groups excluding carboxylic acids is 3. The van der Waals surface area contributed by atoms with Crippen LogP contribution in [0.3, 0.4) is 0 Å². The first-order chi connectivity index (χ1) is 14.4. The first-order valence-corrected chi connectivity index (χ1v) is 11.8. The molecule has 7 nitrogen and oxygen atoms in total. The van der Waals surface area contributed by atoms with Crippen LogP contribution in [-0.2, 0) is 19.1 Å². The van der Waals surface area contributed by atoms with Crippen LogP contribution in [0.15, 0.2) is 10.1 Å². The van der Waals surface area contributed by atoms with E-state index in [4.69, 9.17) is 4.74 Å².